The van der Waals surface area contributed by atoms with Gasteiger partial charge >= 0.3 is 0 Å². The van der Waals surface area contributed by atoms with Gasteiger partial charge in [-0.2, -0.15) is 0 Å². The number of fused-ring (bicyclic) bond motifs is 1. The molecule has 0 unspecified atom stereocenters. The molecule has 32 heavy (non-hydrogen) atoms. The van der Waals surface area contributed by atoms with E-state index in [4.69, 9.17) is 4.74 Å². The first-order valence-electron chi connectivity index (χ1n) is 12.2. The van der Waals surface area contributed by atoms with Crippen molar-refractivity contribution in [3.63, 3.8) is 0 Å². The molecule has 4 nitrogen and oxygen atoms in total. The topological polar surface area (TPSA) is 52.9 Å². The van der Waals surface area contributed by atoms with Crippen molar-refractivity contribution < 1.29 is 14.9 Å². The molecule has 4 heteroatoms. The lowest BCUT2D eigenvalue weighted by molar-refractivity contribution is 0.116. The second kappa shape index (κ2) is 11.1. The Morgan fingerprint density at radius 2 is 2.06 bits per heavy atom. The molecule has 0 spiro atoms. The number of aryl methyl sites for hydroxylation is 1. The van der Waals surface area contributed by atoms with Gasteiger partial charge in [0.1, 0.15) is 0 Å². The smallest absolute Gasteiger partial charge is 0.0761 e. The highest BCUT2D eigenvalue weighted by Gasteiger charge is 2.43. The highest BCUT2D eigenvalue weighted by atomic mass is 16.5. The Balaban J connectivity index is 1.43. The number of aliphatic hydroxyl groups excluding tert-OH is 2. The molecule has 178 valence electrons. The maximum Gasteiger partial charge on any atom is 0.0761 e. The molecular formula is C28H43NO3. The van der Waals surface area contributed by atoms with Gasteiger partial charge in [0, 0.05) is 31.0 Å². The van der Waals surface area contributed by atoms with Gasteiger partial charge in [-0.05, 0) is 77.0 Å². The van der Waals surface area contributed by atoms with E-state index in [1.807, 2.05) is 12.1 Å². The van der Waals surface area contributed by atoms with E-state index in [0.717, 1.165) is 38.0 Å². The summed E-state index contributed by atoms with van der Waals surface area (Å²) in [4.78, 5) is 2.36. The maximum absolute atomic E-state index is 10.6. The molecular weight excluding hydrogens is 398 g/mol. The van der Waals surface area contributed by atoms with Crippen LogP contribution in [0.3, 0.4) is 0 Å². The molecule has 0 radical (unpaired) electrons. The first-order chi connectivity index (χ1) is 15.1. The van der Waals surface area contributed by atoms with Crippen LogP contribution < -0.4 is 0 Å². The number of rotatable bonds is 10. The van der Waals surface area contributed by atoms with Gasteiger partial charge in [0.25, 0.3) is 0 Å². The number of nitrogens with zero attached hydrogens (tertiary/aromatic N) is 1. The zero-order valence-corrected chi connectivity index (χ0v) is 20.6. The second-order valence-electron chi connectivity index (χ2n) is 10.9. The summed E-state index contributed by atoms with van der Waals surface area (Å²) in [7, 11) is 2.16. The lowest BCUT2D eigenvalue weighted by Gasteiger charge is -2.31. The lowest BCUT2D eigenvalue weighted by atomic mass is 9.89. The van der Waals surface area contributed by atoms with Crippen molar-refractivity contribution >= 4 is 0 Å². The Morgan fingerprint density at radius 3 is 2.78 bits per heavy atom. The van der Waals surface area contributed by atoms with Gasteiger partial charge in [-0.15, -0.1) is 0 Å². The molecule has 2 aliphatic rings. The van der Waals surface area contributed by atoms with Crippen molar-refractivity contribution in [1.82, 2.24) is 4.90 Å². The molecule has 1 fully saturated rings. The fourth-order valence-corrected chi connectivity index (χ4v) is 5.06. The van der Waals surface area contributed by atoms with Gasteiger partial charge in [0.2, 0.25) is 0 Å². The van der Waals surface area contributed by atoms with Crippen LogP contribution in [0.5, 0.6) is 0 Å². The van der Waals surface area contributed by atoms with Crippen LogP contribution in [0.4, 0.5) is 0 Å². The highest BCUT2D eigenvalue weighted by molar-refractivity contribution is 5.24. The molecule has 1 aromatic carbocycles. The Bertz CT molecular complexity index is 794. The third kappa shape index (κ3) is 7.02. The van der Waals surface area contributed by atoms with E-state index in [1.165, 1.54) is 11.1 Å². The fourth-order valence-electron chi connectivity index (χ4n) is 5.06. The van der Waals surface area contributed by atoms with Gasteiger partial charge in [-0.3, -0.25) is 0 Å². The van der Waals surface area contributed by atoms with Crippen molar-refractivity contribution in [3.05, 3.63) is 59.2 Å². The van der Waals surface area contributed by atoms with Gasteiger partial charge in [0.05, 0.1) is 18.8 Å². The summed E-state index contributed by atoms with van der Waals surface area (Å²) in [5.41, 5.74) is 3.92. The third-order valence-electron chi connectivity index (χ3n) is 7.25. The van der Waals surface area contributed by atoms with Crippen LogP contribution in [0.1, 0.15) is 51.2 Å². The van der Waals surface area contributed by atoms with E-state index in [0.29, 0.717) is 24.9 Å². The lowest BCUT2D eigenvalue weighted by Crippen LogP contribution is -2.38. The Kier molecular flexibility index (Phi) is 8.74. The minimum absolute atomic E-state index is 0.112. The summed E-state index contributed by atoms with van der Waals surface area (Å²) in [6.45, 7) is 11.3. The van der Waals surface area contributed by atoms with E-state index in [9.17, 15) is 10.2 Å². The van der Waals surface area contributed by atoms with Crippen molar-refractivity contribution in [3.8, 4) is 0 Å². The number of hydrogen-bond donors (Lipinski definition) is 2. The first kappa shape index (κ1) is 25.2. The molecule has 0 aliphatic heterocycles. The standard InChI is InChI=1S/C28H43NO3/c1-20-8-6-9-21(14-20)16-24(30)10-11-25-26-17-22(15-23(26)18-27(25)31)19-32-13-7-12-29(5)28(2,3)4/h6,8-11,14-15,23-27,30-31H,7,12-13,16-19H2,1-5H3/b11-10+/t23-,24-,25+,26-,27+/m0/s1. The summed E-state index contributed by atoms with van der Waals surface area (Å²) < 4.78 is 5.97. The predicted octanol–water partition coefficient (Wildman–Crippen LogP) is 4.53. The normalized spacial score (nSPS) is 26.7. The quantitative estimate of drug-likeness (QED) is 0.414. The second-order valence-corrected chi connectivity index (χ2v) is 10.9. The van der Waals surface area contributed by atoms with Gasteiger partial charge < -0.3 is 19.8 Å². The molecule has 3 rings (SSSR count). The van der Waals surface area contributed by atoms with E-state index < -0.39 is 6.10 Å². The highest BCUT2D eigenvalue weighted by Crippen LogP contribution is 2.47. The fraction of sp³-hybridized carbons (Fsp3) is 0.643. The molecule has 1 saturated carbocycles. The maximum atomic E-state index is 10.6. The van der Waals surface area contributed by atoms with Crippen LogP contribution in [-0.4, -0.2) is 59.7 Å². The molecule has 0 saturated heterocycles. The van der Waals surface area contributed by atoms with Crippen molar-refractivity contribution in [1.29, 1.82) is 0 Å². The van der Waals surface area contributed by atoms with Crippen molar-refractivity contribution in [2.45, 2.75) is 71.1 Å². The summed E-state index contributed by atoms with van der Waals surface area (Å²) in [5, 5.41) is 21.1. The van der Waals surface area contributed by atoms with E-state index in [-0.39, 0.29) is 17.6 Å². The van der Waals surface area contributed by atoms with E-state index in [2.05, 4.69) is 70.0 Å². The number of aliphatic hydroxyl groups is 2. The van der Waals surface area contributed by atoms with Crippen LogP contribution >= 0.6 is 0 Å². The molecule has 0 heterocycles. The van der Waals surface area contributed by atoms with Crippen LogP contribution in [0.2, 0.25) is 0 Å². The third-order valence-corrected chi connectivity index (χ3v) is 7.25. The van der Waals surface area contributed by atoms with Crippen molar-refractivity contribution in [2.75, 3.05) is 26.8 Å². The zero-order chi connectivity index (χ0) is 23.3. The molecule has 0 amide bonds. The molecule has 5 atom stereocenters. The monoisotopic (exact) mass is 441 g/mol. The Labute approximate surface area is 195 Å². The zero-order valence-electron chi connectivity index (χ0n) is 20.6. The summed E-state index contributed by atoms with van der Waals surface area (Å²) in [6, 6.07) is 8.27. The van der Waals surface area contributed by atoms with Gasteiger partial charge in [0.15, 0.2) is 0 Å². The first-order valence-corrected chi connectivity index (χ1v) is 12.2. The van der Waals surface area contributed by atoms with Crippen LogP contribution in [-0.2, 0) is 11.2 Å². The average Bonchev–Trinajstić information content (AvgIpc) is 3.21. The van der Waals surface area contributed by atoms with E-state index >= 15 is 0 Å². The number of benzene rings is 1. The van der Waals surface area contributed by atoms with Gasteiger partial charge in [-0.25, -0.2) is 0 Å². The van der Waals surface area contributed by atoms with Crippen LogP contribution in [0, 0.1) is 24.7 Å². The molecule has 1 aromatic rings. The SMILES string of the molecule is Cc1cccc(C[C@@H](O)/C=C/[C@@H]2[C@H]3CC(COCCCN(C)C(C)(C)C)=C[C@H]3C[C@H]2O)c1. The molecule has 2 N–H and O–H groups in total. The Hall–Kier alpha value is -1.46. The number of hydrogen-bond acceptors (Lipinski definition) is 4. The Morgan fingerprint density at radius 1 is 1.28 bits per heavy atom. The minimum atomic E-state index is -0.522. The van der Waals surface area contributed by atoms with Gasteiger partial charge in [-0.1, -0.05) is 48.1 Å². The summed E-state index contributed by atoms with van der Waals surface area (Å²) in [5.74, 6) is 0.971. The number of allylic oxidation sites excluding steroid dienone is 1. The summed E-state index contributed by atoms with van der Waals surface area (Å²) in [6.07, 6.45) is 8.90. The van der Waals surface area contributed by atoms with Crippen LogP contribution in [0.25, 0.3) is 0 Å². The molecule has 0 bridgehead atoms. The summed E-state index contributed by atoms with van der Waals surface area (Å²) >= 11 is 0. The number of ether oxygens (including phenoxy) is 1. The minimum Gasteiger partial charge on any atom is -0.392 e. The molecule has 0 aromatic heterocycles. The molecule has 2 aliphatic carbocycles. The van der Waals surface area contributed by atoms with Crippen molar-refractivity contribution in [2.24, 2.45) is 17.8 Å². The predicted molar refractivity (Wildman–Crippen MR) is 132 cm³/mol. The van der Waals surface area contributed by atoms with E-state index in [1.54, 1.807) is 0 Å². The average molecular weight is 442 g/mol. The van der Waals surface area contributed by atoms with Crippen LogP contribution in [0.15, 0.2) is 48.1 Å². The largest absolute Gasteiger partial charge is 0.392 e.